The third kappa shape index (κ3) is 2.57. The Bertz CT molecular complexity index is 642. The number of aromatic nitrogens is 4. The first kappa shape index (κ1) is 14.9. The summed E-state index contributed by atoms with van der Waals surface area (Å²) in [7, 11) is 4.19. The van der Waals surface area contributed by atoms with Gasteiger partial charge in [0.25, 0.3) is 0 Å². The lowest BCUT2D eigenvalue weighted by Crippen LogP contribution is -2.19. The molecule has 1 aliphatic heterocycles. The number of hydrogen-bond acceptors (Lipinski definition) is 3. The normalized spacial score (nSPS) is 21.5. The van der Waals surface area contributed by atoms with Gasteiger partial charge >= 0.3 is 0 Å². The van der Waals surface area contributed by atoms with E-state index in [4.69, 9.17) is 16.6 Å². The minimum absolute atomic E-state index is 0.0822. The number of imidazole rings is 1. The van der Waals surface area contributed by atoms with Crippen molar-refractivity contribution in [1.82, 2.24) is 24.2 Å². The Hall–Kier alpha value is -1.07. The third-order valence-electron chi connectivity index (χ3n) is 4.44. The van der Waals surface area contributed by atoms with Gasteiger partial charge in [0, 0.05) is 20.1 Å². The van der Waals surface area contributed by atoms with Crippen molar-refractivity contribution >= 4 is 22.8 Å². The van der Waals surface area contributed by atoms with Crippen molar-refractivity contribution in [2.75, 3.05) is 20.1 Å². The van der Waals surface area contributed by atoms with Crippen LogP contribution in [0.2, 0.25) is 0 Å². The molecule has 1 aliphatic rings. The number of aryl methyl sites for hydroxylation is 2. The lowest BCUT2D eigenvalue weighted by atomic mass is 10.1. The molecule has 0 saturated carbocycles. The van der Waals surface area contributed by atoms with E-state index in [1.807, 2.05) is 18.7 Å². The van der Waals surface area contributed by atoms with Crippen LogP contribution in [-0.4, -0.2) is 44.4 Å². The van der Waals surface area contributed by atoms with Crippen molar-refractivity contribution in [2.24, 2.45) is 13.0 Å². The van der Waals surface area contributed by atoms with Gasteiger partial charge in [-0.25, -0.2) is 4.98 Å². The molecule has 0 spiro atoms. The first-order valence-electron chi connectivity index (χ1n) is 7.75. The van der Waals surface area contributed by atoms with E-state index >= 15 is 0 Å². The first-order valence-corrected chi connectivity index (χ1v) is 8.19. The third-order valence-corrected chi connectivity index (χ3v) is 4.64. The number of rotatable bonds is 4. The SMILES string of the molecule is CCc1nn(C)c2c1nc(C(C)Cl)n2CC1CCN(C)C1. The molecule has 3 rings (SSSR count). The zero-order valence-electron chi connectivity index (χ0n) is 13.3. The number of halogens is 1. The van der Waals surface area contributed by atoms with E-state index in [1.165, 1.54) is 13.0 Å². The molecule has 21 heavy (non-hydrogen) atoms. The van der Waals surface area contributed by atoms with Crippen LogP contribution < -0.4 is 0 Å². The van der Waals surface area contributed by atoms with Gasteiger partial charge in [0.05, 0.1) is 11.1 Å². The van der Waals surface area contributed by atoms with E-state index in [0.717, 1.165) is 42.2 Å². The molecule has 2 unspecified atom stereocenters. The molecule has 1 saturated heterocycles. The van der Waals surface area contributed by atoms with E-state index in [1.54, 1.807) is 0 Å². The standard InChI is InChI=1S/C15H24ClN5/c1-5-12-13-15(20(4)18-12)21(14(17-13)10(2)16)9-11-6-7-19(3)8-11/h10-11H,5-9H2,1-4H3. The zero-order chi connectivity index (χ0) is 15.1. The predicted molar refractivity (Wildman–Crippen MR) is 85.7 cm³/mol. The Labute approximate surface area is 130 Å². The number of likely N-dealkylation sites (tertiary alicyclic amines) is 1. The summed E-state index contributed by atoms with van der Waals surface area (Å²) in [6.07, 6.45) is 2.14. The average molecular weight is 310 g/mol. The molecule has 0 radical (unpaired) electrons. The van der Waals surface area contributed by atoms with Crippen LogP contribution in [0.3, 0.4) is 0 Å². The van der Waals surface area contributed by atoms with Gasteiger partial charge in [-0.05, 0) is 39.3 Å². The number of alkyl halides is 1. The Kier molecular flexibility index (Phi) is 3.97. The Balaban J connectivity index is 2.05. The molecule has 2 atom stereocenters. The minimum atomic E-state index is -0.0822. The number of fused-ring (bicyclic) bond motifs is 1. The largest absolute Gasteiger partial charge is 0.311 e. The van der Waals surface area contributed by atoms with Crippen LogP contribution in [0, 0.1) is 5.92 Å². The molecule has 116 valence electrons. The van der Waals surface area contributed by atoms with Crippen molar-refractivity contribution in [3.05, 3.63) is 11.5 Å². The number of nitrogens with zero attached hydrogens (tertiary/aromatic N) is 5. The van der Waals surface area contributed by atoms with Crippen LogP contribution in [0.5, 0.6) is 0 Å². The lowest BCUT2D eigenvalue weighted by molar-refractivity contribution is 0.376. The molecule has 1 fully saturated rings. The van der Waals surface area contributed by atoms with Gasteiger partial charge in [-0.3, -0.25) is 4.68 Å². The second-order valence-corrected chi connectivity index (χ2v) is 6.86. The highest BCUT2D eigenvalue weighted by molar-refractivity contribution is 6.20. The molecule has 6 heteroatoms. The fourth-order valence-electron chi connectivity index (χ4n) is 3.41. The maximum atomic E-state index is 6.38. The monoisotopic (exact) mass is 309 g/mol. The van der Waals surface area contributed by atoms with Crippen LogP contribution in [-0.2, 0) is 20.0 Å². The van der Waals surface area contributed by atoms with Crippen LogP contribution in [0.4, 0.5) is 0 Å². The molecule has 0 N–H and O–H groups in total. The van der Waals surface area contributed by atoms with Crippen molar-refractivity contribution < 1.29 is 0 Å². The molecule has 0 bridgehead atoms. The van der Waals surface area contributed by atoms with Gasteiger partial charge in [-0.2, -0.15) is 5.10 Å². The molecule has 0 aliphatic carbocycles. The summed E-state index contributed by atoms with van der Waals surface area (Å²) in [6.45, 7) is 7.43. The highest BCUT2D eigenvalue weighted by Gasteiger charge is 2.25. The minimum Gasteiger partial charge on any atom is -0.311 e. The summed E-state index contributed by atoms with van der Waals surface area (Å²) in [5.74, 6) is 1.64. The van der Waals surface area contributed by atoms with Crippen LogP contribution in [0.15, 0.2) is 0 Å². The Morgan fingerprint density at radius 2 is 2.14 bits per heavy atom. The van der Waals surface area contributed by atoms with Gasteiger partial charge in [0.1, 0.15) is 11.3 Å². The van der Waals surface area contributed by atoms with Crippen molar-refractivity contribution in [1.29, 1.82) is 0 Å². The molecule has 2 aromatic rings. The highest BCUT2D eigenvalue weighted by Crippen LogP contribution is 2.29. The van der Waals surface area contributed by atoms with Gasteiger partial charge in [-0.15, -0.1) is 11.6 Å². The summed E-state index contributed by atoms with van der Waals surface area (Å²) in [5, 5.41) is 4.52. The lowest BCUT2D eigenvalue weighted by Gasteiger charge is -2.15. The summed E-state index contributed by atoms with van der Waals surface area (Å²) in [6, 6.07) is 0. The maximum Gasteiger partial charge on any atom is 0.158 e. The topological polar surface area (TPSA) is 38.9 Å². The van der Waals surface area contributed by atoms with E-state index in [9.17, 15) is 0 Å². The second-order valence-electron chi connectivity index (χ2n) is 6.21. The molecular formula is C15H24ClN5. The Morgan fingerprint density at radius 3 is 2.71 bits per heavy atom. The fourth-order valence-corrected chi connectivity index (χ4v) is 3.58. The van der Waals surface area contributed by atoms with E-state index in [-0.39, 0.29) is 5.38 Å². The molecule has 0 aromatic carbocycles. The predicted octanol–water partition coefficient (Wildman–Crippen LogP) is 2.58. The van der Waals surface area contributed by atoms with E-state index < -0.39 is 0 Å². The van der Waals surface area contributed by atoms with Crippen molar-refractivity contribution in [2.45, 2.75) is 38.6 Å². The summed E-state index contributed by atoms with van der Waals surface area (Å²) in [4.78, 5) is 7.19. The zero-order valence-corrected chi connectivity index (χ0v) is 14.1. The highest BCUT2D eigenvalue weighted by atomic mass is 35.5. The maximum absolute atomic E-state index is 6.38. The van der Waals surface area contributed by atoms with Gasteiger partial charge in [0.15, 0.2) is 5.65 Å². The van der Waals surface area contributed by atoms with Crippen LogP contribution >= 0.6 is 11.6 Å². The van der Waals surface area contributed by atoms with Gasteiger partial charge in [-0.1, -0.05) is 6.92 Å². The quantitative estimate of drug-likeness (QED) is 0.815. The van der Waals surface area contributed by atoms with Gasteiger partial charge in [0.2, 0.25) is 0 Å². The Morgan fingerprint density at radius 1 is 1.38 bits per heavy atom. The summed E-state index contributed by atoms with van der Waals surface area (Å²) < 4.78 is 4.26. The van der Waals surface area contributed by atoms with E-state index in [0.29, 0.717) is 5.92 Å². The smallest absolute Gasteiger partial charge is 0.158 e. The van der Waals surface area contributed by atoms with Crippen LogP contribution in [0.25, 0.3) is 11.2 Å². The molecule has 0 amide bonds. The molecule has 3 heterocycles. The van der Waals surface area contributed by atoms with Crippen molar-refractivity contribution in [3.63, 3.8) is 0 Å². The summed E-state index contributed by atoms with van der Waals surface area (Å²) in [5.41, 5.74) is 3.20. The van der Waals surface area contributed by atoms with Crippen LogP contribution in [0.1, 0.15) is 37.2 Å². The van der Waals surface area contributed by atoms with E-state index in [2.05, 4.69) is 28.5 Å². The van der Waals surface area contributed by atoms with Crippen molar-refractivity contribution in [3.8, 4) is 0 Å². The second kappa shape index (κ2) is 5.61. The molecule has 5 nitrogen and oxygen atoms in total. The fraction of sp³-hybridized carbons (Fsp3) is 0.733. The average Bonchev–Trinajstić information content (AvgIpc) is 3.07. The first-order chi connectivity index (χ1) is 10.0. The molecule has 2 aromatic heterocycles. The molecular weight excluding hydrogens is 286 g/mol. The van der Waals surface area contributed by atoms with Gasteiger partial charge < -0.3 is 9.47 Å². The summed E-state index contributed by atoms with van der Waals surface area (Å²) >= 11 is 6.38. The number of hydrogen-bond donors (Lipinski definition) is 0.